The molecular weight excluding hydrogens is 414 g/mol. The van der Waals surface area contributed by atoms with Gasteiger partial charge in [-0.2, -0.15) is 5.26 Å². The second-order valence-corrected chi connectivity index (χ2v) is 8.74. The summed E-state index contributed by atoms with van der Waals surface area (Å²) in [7, 11) is 3.50. The number of carbonyl (C=O) groups is 1. The number of pyridine rings is 1. The lowest BCUT2D eigenvalue weighted by Crippen LogP contribution is -2.28. The Kier molecular flexibility index (Phi) is 6.14. The number of nitrogens with zero attached hydrogens (tertiary/aromatic N) is 6. The van der Waals surface area contributed by atoms with E-state index < -0.39 is 0 Å². The van der Waals surface area contributed by atoms with Crippen LogP contribution in [-0.4, -0.2) is 52.9 Å². The zero-order chi connectivity index (χ0) is 23.7. The molecule has 0 spiro atoms. The number of amides is 1. The van der Waals surface area contributed by atoms with E-state index in [1.165, 1.54) is 0 Å². The van der Waals surface area contributed by atoms with E-state index in [0.717, 1.165) is 37.1 Å². The first-order valence-corrected chi connectivity index (χ1v) is 11.2. The first-order valence-electron chi connectivity index (χ1n) is 11.2. The largest absolute Gasteiger partial charge is 0.363 e. The smallest absolute Gasteiger partial charge is 0.257 e. The number of rotatable bonds is 5. The van der Waals surface area contributed by atoms with Gasteiger partial charge in [0, 0.05) is 27.2 Å². The van der Waals surface area contributed by atoms with E-state index in [-0.39, 0.29) is 11.9 Å². The van der Waals surface area contributed by atoms with Crippen molar-refractivity contribution < 1.29 is 4.79 Å². The van der Waals surface area contributed by atoms with Crippen molar-refractivity contribution in [2.24, 2.45) is 0 Å². The Morgan fingerprint density at radius 2 is 1.91 bits per heavy atom. The molecule has 33 heavy (non-hydrogen) atoms. The van der Waals surface area contributed by atoms with Crippen LogP contribution in [0.25, 0.3) is 11.0 Å². The van der Waals surface area contributed by atoms with Gasteiger partial charge in [0.1, 0.15) is 17.5 Å². The Labute approximate surface area is 194 Å². The van der Waals surface area contributed by atoms with E-state index in [1.807, 2.05) is 45.0 Å². The molecule has 3 heterocycles. The predicted molar refractivity (Wildman–Crippen MR) is 129 cm³/mol. The van der Waals surface area contributed by atoms with Crippen LogP contribution in [0.3, 0.4) is 0 Å². The first-order chi connectivity index (χ1) is 15.8. The molecule has 0 aliphatic carbocycles. The summed E-state index contributed by atoms with van der Waals surface area (Å²) in [6.45, 7) is 7.59. The second kappa shape index (κ2) is 9.02. The minimum absolute atomic E-state index is 0.0940. The minimum Gasteiger partial charge on any atom is -0.363 e. The van der Waals surface area contributed by atoms with Crippen LogP contribution in [0.15, 0.2) is 24.3 Å². The molecule has 0 unspecified atom stereocenters. The Hall–Kier alpha value is -3.73. The van der Waals surface area contributed by atoms with Crippen molar-refractivity contribution in [3.63, 3.8) is 0 Å². The molecule has 1 aliphatic heterocycles. The molecule has 4 rings (SSSR count). The Morgan fingerprint density at radius 1 is 1.18 bits per heavy atom. The number of hydrogen-bond acceptors (Lipinski definition) is 7. The maximum atomic E-state index is 13.1. The predicted octanol–water partition coefficient (Wildman–Crippen LogP) is 3.99. The first kappa shape index (κ1) is 22.5. The van der Waals surface area contributed by atoms with Crippen molar-refractivity contribution in [3.8, 4) is 6.07 Å². The van der Waals surface area contributed by atoms with Crippen molar-refractivity contribution in [3.05, 3.63) is 52.3 Å². The monoisotopic (exact) mass is 443 g/mol. The standard InChI is InChI=1S/C25H29N7O/c1-15-18(14-26)9-8-10-19(15)16(2)27-22-20-13-21(25(33)31(4)5)24(32-11-6-7-12-32)30-23(20)29-17(3)28-22/h8-10,13,16H,6-7,11-12H2,1-5H3,(H,27,28,29,30)/t16-/m1/s1. The molecule has 1 aromatic carbocycles. The summed E-state index contributed by atoms with van der Waals surface area (Å²) in [6, 6.07) is 9.72. The summed E-state index contributed by atoms with van der Waals surface area (Å²) < 4.78 is 0. The second-order valence-electron chi connectivity index (χ2n) is 8.74. The fourth-order valence-electron chi connectivity index (χ4n) is 4.36. The van der Waals surface area contributed by atoms with E-state index in [9.17, 15) is 10.1 Å². The Morgan fingerprint density at radius 3 is 2.58 bits per heavy atom. The number of nitrogens with one attached hydrogen (secondary N) is 1. The molecule has 1 atom stereocenters. The molecule has 3 aromatic rings. The van der Waals surface area contributed by atoms with Crippen LogP contribution < -0.4 is 10.2 Å². The molecule has 0 bridgehead atoms. The molecule has 0 saturated carbocycles. The van der Waals surface area contributed by atoms with Crippen LogP contribution in [0.2, 0.25) is 0 Å². The molecule has 1 N–H and O–H groups in total. The van der Waals surface area contributed by atoms with Crippen LogP contribution >= 0.6 is 0 Å². The highest BCUT2D eigenvalue weighted by Gasteiger charge is 2.25. The molecule has 8 heteroatoms. The van der Waals surface area contributed by atoms with Crippen molar-refractivity contribution in [1.82, 2.24) is 19.9 Å². The van der Waals surface area contributed by atoms with E-state index in [0.29, 0.717) is 39.6 Å². The maximum Gasteiger partial charge on any atom is 0.257 e. The fraction of sp³-hybridized carbons (Fsp3) is 0.400. The van der Waals surface area contributed by atoms with Crippen molar-refractivity contribution in [1.29, 1.82) is 5.26 Å². The number of aryl methyl sites for hydroxylation is 1. The highest BCUT2D eigenvalue weighted by atomic mass is 16.2. The zero-order valence-electron chi connectivity index (χ0n) is 19.8. The maximum absolute atomic E-state index is 13.1. The lowest BCUT2D eigenvalue weighted by atomic mass is 9.98. The summed E-state index contributed by atoms with van der Waals surface area (Å²) in [5.74, 6) is 1.82. The third-order valence-corrected chi connectivity index (χ3v) is 6.14. The van der Waals surface area contributed by atoms with Gasteiger partial charge in [-0.3, -0.25) is 4.79 Å². The van der Waals surface area contributed by atoms with Crippen LogP contribution in [0.1, 0.15) is 58.7 Å². The fourth-order valence-corrected chi connectivity index (χ4v) is 4.36. The summed E-state index contributed by atoms with van der Waals surface area (Å²) in [5.41, 5.74) is 3.73. The number of hydrogen-bond donors (Lipinski definition) is 1. The van der Waals surface area contributed by atoms with Crippen molar-refractivity contribution >= 4 is 28.6 Å². The number of benzene rings is 1. The van der Waals surface area contributed by atoms with Gasteiger partial charge in [0.15, 0.2) is 5.65 Å². The van der Waals surface area contributed by atoms with Gasteiger partial charge in [0.2, 0.25) is 0 Å². The number of fused-ring (bicyclic) bond motifs is 1. The van der Waals surface area contributed by atoms with Gasteiger partial charge in [0.25, 0.3) is 5.91 Å². The summed E-state index contributed by atoms with van der Waals surface area (Å²) in [4.78, 5) is 30.9. The minimum atomic E-state index is -0.109. The van der Waals surface area contributed by atoms with Gasteiger partial charge in [-0.05, 0) is 56.9 Å². The number of nitriles is 1. The lowest BCUT2D eigenvalue weighted by Gasteiger charge is -2.23. The molecule has 1 aliphatic rings. The van der Waals surface area contributed by atoms with Crippen LogP contribution in [0, 0.1) is 25.2 Å². The highest BCUT2D eigenvalue weighted by Crippen LogP contribution is 2.31. The summed E-state index contributed by atoms with van der Waals surface area (Å²) in [5, 5.41) is 13.6. The molecule has 170 valence electrons. The van der Waals surface area contributed by atoms with Crippen LogP contribution in [0.4, 0.5) is 11.6 Å². The molecule has 2 aromatic heterocycles. The lowest BCUT2D eigenvalue weighted by molar-refractivity contribution is 0.0828. The van der Waals surface area contributed by atoms with Gasteiger partial charge in [-0.15, -0.1) is 0 Å². The van der Waals surface area contributed by atoms with Gasteiger partial charge in [0.05, 0.1) is 28.6 Å². The molecule has 1 amide bonds. The number of aromatic nitrogens is 3. The van der Waals surface area contributed by atoms with Crippen molar-refractivity contribution in [2.45, 2.75) is 39.7 Å². The molecule has 0 radical (unpaired) electrons. The van der Waals surface area contributed by atoms with E-state index >= 15 is 0 Å². The number of carbonyl (C=O) groups excluding carboxylic acids is 1. The third kappa shape index (κ3) is 4.31. The summed E-state index contributed by atoms with van der Waals surface area (Å²) >= 11 is 0. The average Bonchev–Trinajstić information content (AvgIpc) is 3.32. The molecule has 1 fully saturated rings. The van der Waals surface area contributed by atoms with Gasteiger partial charge < -0.3 is 15.1 Å². The zero-order valence-corrected chi connectivity index (χ0v) is 19.8. The SMILES string of the molecule is Cc1nc(N[C@H](C)c2cccc(C#N)c2C)c2cc(C(=O)N(C)C)c(N3CCCC3)nc2n1. The van der Waals surface area contributed by atoms with Crippen molar-refractivity contribution in [2.75, 3.05) is 37.4 Å². The Balaban J connectivity index is 1.83. The Bertz CT molecular complexity index is 1260. The van der Waals surface area contributed by atoms with Gasteiger partial charge in [-0.1, -0.05) is 12.1 Å². The van der Waals surface area contributed by atoms with Crippen LogP contribution in [-0.2, 0) is 0 Å². The molecular formula is C25H29N7O. The van der Waals surface area contributed by atoms with Crippen LogP contribution in [0.5, 0.6) is 0 Å². The van der Waals surface area contributed by atoms with Gasteiger partial charge >= 0.3 is 0 Å². The van der Waals surface area contributed by atoms with E-state index in [1.54, 1.807) is 19.0 Å². The third-order valence-electron chi connectivity index (χ3n) is 6.14. The molecule has 8 nitrogen and oxygen atoms in total. The molecule has 1 saturated heterocycles. The topological polar surface area (TPSA) is 98.0 Å². The number of anilines is 2. The average molecular weight is 444 g/mol. The van der Waals surface area contributed by atoms with Gasteiger partial charge in [-0.25, -0.2) is 15.0 Å². The van der Waals surface area contributed by atoms with E-state index in [2.05, 4.69) is 26.3 Å². The normalized spacial score (nSPS) is 14.2. The summed E-state index contributed by atoms with van der Waals surface area (Å²) in [6.07, 6.45) is 2.17. The highest BCUT2D eigenvalue weighted by molar-refractivity contribution is 6.03. The van der Waals surface area contributed by atoms with E-state index in [4.69, 9.17) is 4.98 Å². The quantitative estimate of drug-likeness (QED) is 0.637.